The summed E-state index contributed by atoms with van der Waals surface area (Å²) in [4.78, 5) is 17.7. The molecule has 0 fully saturated rings. The van der Waals surface area contributed by atoms with Gasteiger partial charge in [0.15, 0.2) is 0 Å². The van der Waals surface area contributed by atoms with Gasteiger partial charge in [-0.15, -0.1) is 11.3 Å². The second-order valence-electron chi connectivity index (χ2n) is 4.29. The van der Waals surface area contributed by atoms with Crippen LogP contribution in [0.5, 0.6) is 0 Å². The van der Waals surface area contributed by atoms with Crippen LogP contribution in [-0.2, 0) is 12.8 Å². The van der Waals surface area contributed by atoms with Crippen LogP contribution >= 0.6 is 22.9 Å². The molecule has 1 aliphatic rings. The number of ketones is 1. The van der Waals surface area contributed by atoms with Crippen molar-refractivity contribution in [2.24, 2.45) is 0 Å². The zero-order valence-electron chi connectivity index (χ0n) is 9.57. The van der Waals surface area contributed by atoms with Crippen molar-refractivity contribution < 1.29 is 4.79 Å². The maximum Gasteiger partial charge on any atom is 0.214 e. The molecule has 1 aliphatic carbocycles. The van der Waals surface area contributed by atoms with Crippen LogP contribution in [0.4, 0.5) is 5.00 Å². The predicted octanol–water partition coefficient (Wildman–Crippen LogP) is 3.10. The smallest absolute Gasteiger partial charge is 0.214 e. The Kier molecular flexibility index (Phi) is 2.84. The second kappa shape index (κ2) is 4.37. The summed E-state index contributed by atoms with van der Waals surface area (Å²) < 4.78 is 0. The number of carbonyl (C=O) groups excluding carboxylic acids is 1. The highest BCUT2D eigenvalue weighted by atomic mass is 35.5. The second-order valence-corrected chi connectivity index (χ2v) is 5.86. The molecule has 0 saturated heterocycles. The van der Waals surface area contributed by atoms with Crippen molar-refractivity contribution in [2.45, 2.75) is 19.3 Å². The van der Waals surface area contributed by atoms with Crippen molar-refractivity contribution in [1.29, 1.82) is 0 Å². The van der Waals surface area contributed by atoms with Crippen LogP contribution in [0.2, 0.25) is 5.02 Å². The highest BCUT2D eigenvalue weighted by Crippen LogP contribution is 2.38. The predicted molar refractivity (Wildman–Crippen MR) is 73.4 cm³/mol. The normalized spacial score (nSPS) is 13.6. The average molecular weight is 279 g/mol. The van der Waals surface area contributed by atoms with Crippen LogP contribution in [0, 0.1) is 0 Å². The Morgan fingerprint density at radius 2 is 2.22 bits per heavy atom. The lowest BCUT2D eigenvalue weighted by atomic mass is 10.0. The molecular formula is C13H11ClN2OS. The van der Waals surface area contributed by atoms with E-state index in [1.165, 1.54) is 22.4 Å². The summed E-state index contributed by atoms with van der Waals surface area (Å²) in [5.74, 6) is -0.0939. The molecule has 2 N–H and O–H groups in total. The van der Waals surface area contributed by atoms with Crippen LogP contribution in [0.1, 0.15) is 32.9 Å². The van der Waals surface area contributed by atoms with E-state index in [9.17, 15) is 4.79 Å². The summed E-state index contributed by atoms with van der Waals surface area (Å²) in [6.45, 7) is 0. The molecule has 2 heterocycles. The highest BCUT2D eigenvalue weighted by molar-refractivity contribution is 7.16. The number of halogens is 1. The first-order chi connectivity index (χ1) is 8.66. The summed E-state index contributed by atoms with van der Waals surface area (Å²) in [6, 6.07) is 3.31. The van der Waals surface area contributed by atoms with Crippen molar-refractivity contribution in [2.75, 3.05) is 5.73 Å². The van der Waals surface area contributed by atoms with E-state index in [1.54, 1.807) is 12.1 Å². The standard InChI is InChI=1S/C13H11ClN2OS/c14-7-4-5-9(16-6-7)12(17)11-8-2-1-3-10(8)18-13(11)15/h4-6H,1-3,15H2. The van der Waals surface area contributed by atoms with Crippen molar-refractivity contribution in [3.05, 3.63) is 45.1 Å². The van der Waals surface area contributed by atoms with E-state index in [0.29, 0.717) is 21.3 Å². The number of nitrogens with two attached hydrogens (primary N) is 1. The van der Waals surface area contributed by atoms with Gasteiger partial charge >= 0.3 is 0 Å². The van der Waals surface area contributed by atoms with E-state index in [0.717, 1.165) is 24.8 Å². The number of nitrogen functional groups attached to an aromatic ring is 1. The van der Waals surface area contributed by atoms with Crippen molar-refractivity contribution in [3.8, 4) is 0 Å². The van der Waals surface area contributed by atoms with Gasteiger partial charge in [0, 0.05) is 11.1 Å². The van der Waals surface area contributed by atoms with Gasteiger partial charge in [-0.05, 0) is 37.0 Å². The number of fused-ring (bicyclic) bond motifs is 1. The van der Waals surface area contributed by atoms with Crippen molar-refractivity contribution in [3.63, 3.8) is 0 Å². The third kappa shape index (κ3) is 1.82. The lowest BCUT2D eigenvalue weighted by Gasteiger charge is -2.02. The first kappa shape index (κ1) is 11.7. The molecule has 0 aliphatic heterocycles. The largest absolute Gasteiger partial charge is 0.390 e. The Bertz CT molecular complexity index is 619. The summed E-state index contributed by atoms with van der Waals surface area (Å²) in [6.07, 6.45) is 4.57. The molecule has 5 heteroatoms. The molecule has 2 aromatic heterocycles. The van der Waals surface area contributed by atoms with Gasteiger partial charge < -0.3 is 5.73 Å². The minimum atomic E-state index is -0.0939. The Labute approximate surface area is 114 Å². The molecular weight excluding hydrogens is 268 g/mol. The monoisotopic (exact) mass is 278 g/mol. The molecule has 0 bridgehead atoms. The van der Waals surface area contributed by atoms with Gasteiger partial charge in [0.2, 0.25) is 5.78 Å². The number of aryl methyl sites for hydroxylation is 1. The SMILES string of the molecule is Nc1sc2c(c1C(=O)c1ccc(Cl)cn1)CCC2. The first-order valence-electron chi connectivity index (χ1n) is 5.73. The van der Waals surface area contributed by atoms with Crippen LogP contribution in [-0.4, -0.2) is 10.8 Å². The highest BCUT2D eigenvalue weighted by Gasteiger charge is 2.26. The Morgan fingerprint density at radius 1 is 1.39 bits per heavy atom. The summed E-state index contributed by atoms with van der Waals surface area (Å²) >= 11 is 7.30. The summed E-state index contributed by atoms with van der Waals surface area (Å²) in [5, 5.41) is 1.14. The maximum absolute atomic E-state index is 12.4. The summed E-state index contributed by atoms with van der Waals surface area (Å²) in [5.41, 5.74) is 8.14. The number of rotatable bonds is 2. The van der Waals surface area contributed by atoms with E-state index in [4.69, 9.17) is 17.3 Å². The lowest BCUT2D eigenvalue weighted by Crippen LogP contribution is -2.07. The van der Waals surface area contributed by atoms with Crippen LogP contribution < -0.4 is 5.73 Å². The molecule has 0 amide bonds. The number of aromatic nitrogens is 1. The Balaban J connectivity index is 2.05. The first-order valence-corrected chi connectivity index (χ1v) is 6.92. The van der Waals surface area contributed by atoms with Crippen LogP contribution in [0.25, 0.3) is 0 Å². The topological polar surface area (TPSA) is 56.0 Å². The average Bonchev–Trinajstić information content (AvgIpc) is 2.89. The molecule has 0 unspecified atom stereocenters. The molecule has 0 atom stereocenters. The Morgan fingerprint density at radius 3 is 2.94 bits per heavy atom. The molecule has 3 rings (SSSR count). The number of carbonyl (C=O) groups is 1. The molecule has 3 nitrogen and oxygen atoms in total. The molecule has 0 spiro atoms. The quantitative estimate of drug-likeness (QED) is 0.859. The molecule has 2 aromatic rings. The summed E-state index contributed by atoms with van der Waals surface area (Å²) in [7, 11) is 0. The van der Waals surface area contributed by atoms with Gasteiger partial charge in [0.1, 0.15) is 5.69 Å². The number of thiophene rings is 1. The zero-order chi connectivity index (χ0) is 12.7. The van der Waals surface area contributed by atoms with Crippen LogP contribution in [0.15, 0.2) is 18.3 Å². The lowest BCUT2D eigenvalue weighted by molar-refractivity contribution is 0.103. The maximum atomic E-state index is 12.4. The van der Waals surface area contributed by atoms with Crippen molar-refractivity contribution in [1.82, 2.24) is 4.98 Å². The van der Waals surface area contributed by atoms with Gasteiger partial charge in [-0.2, -0.15) is 0 Å². The number of hydrogen-bond donors (Lipinski definition) is 1. The zero-order valence-corrected chi connectivity index (χ0v) is 11.1. The fourth-order valence-corrected chi connectivity index (χ4v) is 3.58. The Hall–Kier alpha value is -1.39. The number of nitrogens with zero attached hydrogens (tertiary/aromatic N) is 1. The third-order valence-electron chi connectivity index (χ3n) is 3.14. The van der Waals surface area contributed by atoms with E-state index >= 15 is 0 Å². The van der Waals surface area contributed by atoms with E-state index in [1.807, 2.05) is 0 Å². The fourth-order valence-electron chi connectivity index (χ4n) is 2.31. The van der Waals surface area contributed by atoms with Gasteiger partial charge in [-0.3, -0.25) is 9.78 Å². The molecule has 18 heavy (non-hydrogen) atoms. The molecule has 0 saturated carbocycles. The van der Waals surface area contributed by atoms with E-state index < -0.39 is 0 Å². The van der Waals surface area contributed by atoms with Gasteiger partial charge in [-0.1, -0.05) is 11.6 Å². The van der Waals surface area contributed by atoms with Crippen molar-refractivity contribution >= 4 is 33.7 Å². The third-order valence-corrected chi connectivity index (χ3v) is 4.48. The van der Waals surface area contributed by atoms with E-state index in [2.05, 4.69) is 4.98 Å². The number of hydrogen-bond acceptors (Lipinski definition) is 4. The van der Waals surface area contributed by atoms with Crippen LogP contribution in [0.3, 0.4) is 0 Å². The molecule has 92 valence electrons. The molecule has 0 radical (unpaired) electrons. The number of anilines is 1. The van der Waals surface area contributed by atoms with Gasteiger partial charge in [0.25, 0.3) is 0 Å². The molecule has 0 aromatic carbocycles. The fraction of sp³-hybridized carbons (Fsp3) is 0.231. The van der Waals surface area contributed by atoms with Gasteiger partial charge in [-0.25, -0.2) is 0 Å². The van der Waals surface area contributed by atoms with Gasteiger partial charge in [0.05, 0.1) is 15.6 Å². The number of pyridine rings is 1. The minimum Gasteiger partial charge on any atom is -0.390 e. The minimum absolute atomic E-state index is 0.0939. The van der Waals surface area contributed by atoms with E-state index in [-0.39, 0.29) is 5.78 Å².